The Hall–Kier alpha value is -1.81. The molecule has 4 heteroatoms. The van der Waals surface area contributed by atoms with Crippen LogP contribution in [0.3, 0.4) is 0 Å². The van der Waals surface area contributed by atoms with E-state index >= 15 is 0 Å². The Labute approximate surface area is 125 Å². The maximum Gasteiger partial charge on any atom is 0.328 e. The molecule has 0 atom stereocenters. The van der Waals surface area contributed by atoms with Gasteiger partial charge >= 0.3 is 5.97 Å². The van der Waals surface area contributed by atoms with E-state index in [1.54, 1.807) is 13.2 Å². The molecule has 1 aliphatic rings. The molecular formula is C17H22O4. The van der Waals surface area contributed by atoms with Crippen LogP contribution in [0.4, 0.5) is 0 Å². The van der Waals surface area contributed by atoms with Crippen molar-refractivity contribution in [2.24, 2.45) is 0 Å². The summed E-state index contributed by atoms with van der Waals surface area (Å²) < 4.78 is 11.2. The van der Waals surface area contributed by atoms with Crippen LogP contribution >= 0.6 is 0 Å². The molecule has 0 saturated heterocycles. The van der Waals surface area contributed by atoms with Crippen LogP contribution in [0.1, 0.15) is 43.2 Å². The van der Waals surface area contributed by atoms with E-state index in [-0.39, 0.29) is 0 Å². The van der Waals surface area contributed by atoms with Gasteiger partial charge < -0.3 is 14.6 Å². The van der Waals surface area contributed by atoms with Crippen LogP contribution in [0.5, 0.6) is 5.75 Å². The smallest absolute Gasteiger partial charge is 0.328 e. The fraction of sp³-hybridized carbons (Fsp3) is 0.471. The number of carboxylic acid groups (broad SMARTS) is 1. The van der Waals surface area contributed by atoms with E-state index in [2.05, 4.69) is 0 Å². The van der Waals surface area contributed by atoms with E-state index in [1.807, 2.05) is 18.2 Å². The first kappa shape index (κ1) is 15.6. The second-order valence-electron chi connectivity index (χ2n) is 5.31. The number of carbonyl (C=O) groups is 1. The highest BCUT2D eigenvalue weighted by Crippen LogP contribution is 2.24. The molecule has 1 aliphatic carbocycles. The summed E-state index contributed by atoms with van der Waals surface area (Å²) in [4.78, 5) is 10.7. The van der Waals surface area contributed by atoms with Crippen molar-refractivity contribution in [2.45, 2.75) is 44.8 Å². The molecule has 0 aromatic heterocycles. The SMILES string of the molecule is COc1ccc(C=CC(=O)O)c(COC2CCCCC2)c1. The van der Waals surface area contributed by atoms with E-state index < -0.39 is 5.97 Å². The first-order valence-corrected chi connectivity index (χ1v) is 7.38. The average molecular weight is 290 g/mol. The summed E-state index contributed by atoms with van der Waals surface area (Å²) >= 11 is 0. The first-order chi connectivity index (χ1) is 10.2. The van der Waals surface area contributed by atoms with Crippen molar-refractivity contribution in [2.75, 3.05) is 7.11 Å². The zero-order chi connectivity index (χ0) is 15.1. The van der Waals surface area contributed by atoms with Gasteiger partial charge in [0.15, 0.2) is 0 Å². The third-order valence-electron chi connectivity index (χ3n) is 3.78. The van der Waals surface area contributed by atoms with Crippen LogP contribution in [0.2, 0.25) is 0 Å². The quantitative estimate of drug-likeness (QED) is 0.813. The lowest BCUT2D eigenvalue weighted by molar-refractivity contribution is -0.131. The Morgan fingerprint density at radius 2 is 2.10 bits per heavy atom. The van der Waals surface area contributed by atoms with Gasteiger partial charge in [-0.3, -0.25) is 0 Å². The third kappa shape index (κ3) is 4.90. The topological polar surface area (TPSA) is 55.8 Å². The van der Waals surface area contributed by atoms with Crippen LogP contribution in [0, 0.1) is 0 Å². The van der Waals surface area contributed by atoms with Gasteiger partial charge in [0.2, 0.25) is 0 Å². The molecule has 0 unspecified atom stereocenters. The van der Waals surface area contributed by atoms with Crippen molar-refractivity contribution in [3.05, 3.63) is 35.4 Å². The molecule has 1 N–H and O–H groups in total. The van der Waals surface area contributed by atoms with Gasteiger partial charge in [-0.15, -0.1) is 0 Å². The van der Waals surface area contributed by atoms with E-state index in [0.29, 0.717) is 12.7 Å². The monoisotopic (exact) mass is 290 g/mol. The van der Waals surface area contributed by atoms with E-state index in [1.165, 1.54) is 19.3 Å². The highest BCUT2D eigenvalue weighted by atomic mass is 16.5. The number of hydrogen-bond donors (Lipinski definition) is 1. The lowest BCUT2D eigenvalue weighted by Gasteiger charge is -2.22. The van der Waals surface area contributed by atoms with Crippen LogP contribution in [0.25, 0.3) is 6.08 Å². The number of benzene rings is 1. The summed E-state index contributed by atoms with van der Waals surface area (Å²) in [6.07, 6.45) is 9.05. The van der Waals surface area contributed by atoms with E-state index in [4.69, 9.17) is 14.6 Å². The molecule has 0 aliphatic heterocycles. The fourth-order valence-corrected chi connectivity index (χ4v) is 2.60. The maximum absolute atomic E-state index is 10.7. The van der Waals surface area contributed by atoms with Crippen LogP contribution < -0.4 is 4.74 Å². The van der Waals surface area contributed by atoms with Crippen molar-refractivity contribution in [3.63, 3.8) is 0 Å². The van der Waals surface area contributed by atoms with Gasteiger partial charge in [0.1, 0.15) is 5.75 Å². The van der Waals surface area contributed by atoms with E-state index in [0.717, 1.165) is 35.8 Å². The van der Waals surface area contributed by atoms with Gasteiger partial charge in [-0.25, -0.2) is 4.79 Å². The molecule has 0 spiro atoms. The molecule has 0 radical (unpaired) electrons. The predicted octanol–water partition coefficient (Wildman–Crippen LogP) is 3.64. The number of rotatable bonds is 6. The molecule has 1 saturated carbocycles. The summed E-state index contributed by atoms with van der Waals surface area (Å²) in [5.41, 5.74) is 1.81. The highest BCUT2D eigenvalue weighted by molar-refractivity contribution is 5.85. The van der Waals surface area contributed by atoms with Crippen molar-refractivity contribution >= 4 is 12.0 Å². The molecule has 114 valence electrons. The number of methoxy groups -OCH3 is 1. The molecule has 4 nitrogen and oxygen atoms in total. The highest BCUT2D eigenvalue weighted by Gasteiger charge is 2.14. The lowest BCUT2D eigenvalue weighted by Crippen LogP contribution is -2.16. The fourth-order valence-electron chi connectivity index (χ4n) is 2.60. The minimum atomic E-state index is -0.954. The van der Waals surface area contributed by atoms with Crippen molar-refractivity contribution in [1.82, 2.24) is 0 Å². The summed E-state index contributed by atoms with van der Waals surface area (Å²) in [6.45, 7) is 0.487. The normalized spacial score (nSPS) is 16.2. The second kappa shape index (κ2) is 7.84. The van der Waals surface area contributed by atoms with Gasteiger partial charge in [0, 0.05) is 6.08 Å². The van der Waals surface area contributed by atoms with Gasteiger partial charge in [0.25, 0.3) is 0 Å². The number of carboxylic acids is 1. The van der Waals surface area contributed by atoms with Crippen LogP contribution in [-0.4, -0.2) is 24.3 Å². The molecule has 1 fully saturated rings. The van der Waals surface area contributed by atoms with Gasteiger partial charge in [-0.2, -0.15) is 0 Å². The number of hydrogen-bond acceptors (Lipinski definition) is 3. The van der Waals surface area contributed by atoms with Gasteiger partial charge in [0.05, 0.1) is 19.8 Å². The number of aliphatic carboxylic acids is 1. The summed E-state index contributed by atoms with van der Waals surface area (Å²) in [5.74, 6) is -0.199. The van der Waals surface area contributed by atoms with Crippen LogP contribution in [0.15, 0.2) is 24.3 Å². The largest absolute Gasteiger partial charge is 0.497 e. The minimum Gasteiger partial charge on any atom is -0.497 e. The van der Waals surface area contributed by atoms with Crippen molar-refractivity contribution in [1.29, 1.82) is 0 Å². The summed E-state index contributed by atoms with van der Waals surface area (Å²) in [7, 11) is 1.62. The van der Waals surface area contributed by atoms with Crippen molar-refractivity contribution in [3.8, 4) is 5.75 Å². The first-order valence-electron chi connectivity index (χ1n) is 7.38. The zero-order valence-corrected chi connectivity index (χ0v) is 12.4. The van der Waals surface area contributed by atoms with Crippen molar-refractivity contribution < 1.29 is 19.4 Å². The predicted molar refractivity (Wildman–Crippen MR) is 81.3 cm³/mol. The van der Waals surface area contributed by atoms with E-state index in [9.17, 15) is 4.79 Å². The molecule has 21 heavy (non-hydrogen) atoms. The molecule has 0 bridgehead atoms. The van der Waals surface area contributed by atoms with Crippen LogP contribution in [-0.2, 0) is 16.1 Å². The Morgan fingerprint density at radius 1 is 1.33 bits per heavy atom. The summed E-state index contributed by atoms with van der Waals surface area (Å²) in [5, 5.41) is 8.76. The maximum atomic E-state index is 10.7. The third-order valence-corrected chi connectivity index (χ3v) is 3.78. The molecule has 2 rings (SSSR count). The minimum absolute atomic E-state index is 0.321. The van der Waals surface area contributed by atoms with Gasteiger partial charge in [-0.05, 0) is 42.2 Å². The second-order valence-corrected chi connectivity index (χ2v) is 5.31. The molecule has 0 heterocycles. The standard InChI is InChI=1S/C17H22O4/c1-20-16-9-7-13(8-10-17(18)19)14(11-16)12-21-15-5-3-2-4-6-15/h7-11,15H,2-6,12H2,1H3,(H,18,19). The Bertz CT molecular complexity index is 502. The molecule has 1 aromatic rings. The molecule has 0 amide bonds. The lowest BCUT2D eigenvalue weighted by atomic mass is 9.97. The summed E-state index contributed by atoms with van der Waals surface area (Å²) in [6, 6.07) is 5.59. The number of ether oxygens (including phenoxy) is 2. The Morgan fingerprint density at radius 3 is 2.76 bits per heavy atom. The van der Waals surface area contributed by atoms with Gasteiger partial charge in [-0.1, -0.05) is 25.3 Å². The Kier molecular flexibility index (Phi) is 5.81. The molecule has 1 aromatic carbocycles. The average Bonchev–Trinajstić information content (AvgIpc) is 2.52. The molecular weight excluding hydrogens is 268 g/mol. The zero-order valence-electron chi connectivity index (χ0n) is 12.4. The Balaban J connectivity index is 2.08.